The first-order chi connectivity index (χ1) is 10.1. The summed E-state index contributed by atoms with van der Waals surface area (Å²) in [6.45, 7) is 1.78. The Bertz CT molecular complexity index is 1000. The lowest BCUT2D eigenvalue weighted by Crippen LogP contribution is -2.20. The van der Waals surface area contributed by atoms with Gasteiger partial charge in [0.1, 0.15) is 6.61 Å². The Labute approximate surface area is 118 Å². The van der Waals surface area contributed by atoms with Crippen LogP contribution >= 0.6 is 0 Å². The number of hydrogen-bond donors (Lipinski definition) is 1. The molecule has 0 radical (unpaired) electrons. The van der Waals surface area contributed by atoms with E-state index in [9.17, 15) is 14.8 Å². The monoisotopic (exact) mass is 282 g/mol. The number of aryl methyl sites for hydroxylation is 1. The number of pyridine rings is 2. The molecule has 0 fully saturated rings. The van der Waals surface area contributed by atoms with Crippen molar-refractivity contribution in [2.45, 2.75) is 13.5 Å². The summed E-state index contributed by atoms with van der Waals surface area (Å²) in [5.74, 6) is -0.478. The SMILES string of the molecule is Cc1c2c(nc3c1c(=O)n(O)c1ccccc31)COC2=O. The zero-order valence-corrected chi connectivity index (χ0v) is 11.1. The maximum Gasteiger partial charge on any atom is 0.340 e. The molecule has 6 heteroatoms. The van der Waals surface area contributed by atoms with Gasteiger partial charge in [0.15, 0.2) is 0 Å². The number of ether oxygens (including phenoxy) is 1. The lowest BCUT2D eigenvalue weighted by molar-refractivity contribution is 0.0533. The Morgan fingerprint density at radius 1 is 1.29 bits per heavy atom. The second-order valence-electron chi connectivity index (χ2n) is 4.99. The number of rotatable bonds is 0. The second-order valence-corrected chi connectivity index (χ2v) is 4.99. The van der Waals surface area contributed by atoms with Crippen LogP contribution in [0.3, 0.4) is 0 Å². The van der Waals surface area contributed by atoms with Crippen LogP contribution in [0.1, 0.15) is 21.6 Å². The molecule has 21 heavy (non-hydrogen) atoms. The first kappa shape index (κ1) is 11.9. The van der Waals surface area contributed by atoms with Crippen molar-refractivity contribution in [2.75, 3.05) is 0 Å². The molecule has 2 aromatic heterocycles. The zero-order chi connectivity index (χ0) is 14.7. The van der Waals surface area contributed by atoms with Crippen LogP contribution in [0.25, 0.3) is 21.8 Å². The van der Waals surface area contributed by atoms with Crippen molar-refractivity contribution in [3.8, 4) is 0 Å². The van der Waals surface area contributed by atoms with Crippen LogP contribution in [-0.2, 0) is 11.3 Å². The normalized spacial score (nSPS) is 13.7. The number of carbonyl (C=O) groups excluding carboxylic acids is 1. The lowest BCUT2D eigenvalue weighted by atomic mass is 10.0. The van der Waals surface area contributed by atoms with Crippen molar-refractivity contribution in [3.05, 3.63) is 51.4 Å². The van der Waals surface area contributed by atoms with E-state index in [1.807, 2.05) is 0 Å². The Kier molecular flexibility index (Phi) is 2.16. The van der Waals surface area contributed by atoms with E-state index < -0.39 is 11.5 Å². The van der Waals surface area contributed by atoms with Crippen LogP contribution in [0.2, 0.25) is 0 Å². The standard InChI is InChI=1S/C15H10N2O4/c1-7-11-9(6-21-15(11)19)16-13-8-4-2-3-5-10(8)17(20)14(18)12(7)13/h2-5,20H,6H2,1H3. The minimum Gasteiger partial charge on any atom is -0.455 e. The van der Waals surface area contributed by atoms with E-state index in [-0.39, 0.29) is 12.0 Å². The Balaban J connectivity index is 2.34. The Morgan fingerprint density at radius 2 is 2.05 bits per heavy atom. The summed E-state index contributed by atoms with van der Waals surface area (Å²) in [4.78, 5) is 28.6. The second kappa shape index (κ2) is 3.82. The van der Waals surface area contributed by atoms with Crippen molar-refractivity contribution >= 4 is 27.8 Å². The van der Waals surface area contributed by atoms with Crippen molar-refractivity contribution in [1.82, 2.24) is 9.71 Å². The van der Waals surface area contributed by atoms with E-state index >= 15 is 0 Å². The van der Waals surface area contributed by atoms with E-state index in [1.165, 1.54) is 0 Å². The summed E-state index contributed by atoms with van der Waals surface area (Å²) in [5.41, 5.74) is 1.63. The molecule has 104 valence electrons. The molecule has 0 atom stereocenters. The lowest BCUT2D eigenvalue weighted by Gasteiger charge is -2.10. The van der Waals surface area contributed by atoms with Crippen molar-refractivity contribution in [2.24, 2.45) is 0 Å². The van der Waals surface area contributed by atoms with Crippen LogP contribution in [-0.4, -0.2) is 20.9 Å². The van der Waals surface area contributed by atoms with Gasteiger partial charge in [-0.3, -0.25) is 4.79 Å². The molecule has 3 heterocycles. The molecule has 0 saturated carbocycles. The predicted octanol–water partition coefficient (Wildman–Crippen LogP) is 1.77. The Morgan fingerprint density at radius 3 is 2.86 bits per heavy atom. The topological polar surface area (TPSA) is 81.4 Å². The third kappa shape index (κ3) is 1.38. The van der Waals surface area contributed by atoms with Gasteiger partial charge in [-0.25, -0.2) is 9.78 Å². The number of cyclic esters (lactones) is 1. The average molecular weight is 282 g/mol. The molecule has 3 aromatic rings. The molecule has 1 N–H and O–H groups in total. The van der Waals surface area contributed by atoms with Gasteiger partial charge in [0, 0.05) is 5.39 Å². The molecule has 6 nitrogen and oxygen atoms in total. The highest BCUT2D eigenvalue weighted by atomic mass is 16.5. The van der Waals surface area contributed by atoms with E-state index in [0.29, 0.717) is 38.0 Å². The zero-order valence-electron chi connectivity index (χ0n) is 11.1. The van der Waals surface area contributed by atoms with Crippen molar-refractivity contribution < 1.29 is 14.7 Å². The minimum absolute atomic E-state index is 0.113. The van der Waals surface area contributed by atoms with Gasteiger partial charge >= 0.3 is 5.97 Å². The fraction of sp³-hybridized carbons (Fsp3) is 0.133. The first-order valence-corrected chi connectivity index (χ1v) is 6.43. The highest BCUT2D eigenvalue weighted by Gasteiger charge is 2.28. The molecule has 1 aliphatic rings. The van der Waals surface area contributed by atoms with Gasteiger partial charge in [0.25, 0.3) is 5.56 Å². The molecule has 0 amide bonds. The summed E-state index contributed by atoms with van der Waals surface area (Å²) >= 11 is 0. The van der Waals surface area contributed by atoms with Crippen LogP contribution in [0.15, 0.2) is 29.1 Å². The first-order valence-electron chi connectivity index (χ1n) is 6.43. The number of esters is 1. The highest BCUT2D eigenvalue weighted by molar-refractivity contribution is 6.07. The molecular weight excluding hydrogens is 272 g/mol. The van der Waals surface area contributed by atoms with E-state index in [1.54, 1.807) is 31.2 Å². The Hall–Kier alpha value is -2.89. The van der Waals surface area contributed by atoms with Gasteiger partial charge in [-0.15, -0.1) is 4.73 Å². The largest absolute Gasteiger partial charge is 0.455 e. The van der Waals surface area contributed by atoms with Crippen molar-refractivity contribution in [1.29, 1.82) is 0 Å². The van der Waals surface area contributed by atoms with Gasteiger partial charge in [-0.1, -0.05) is 18.2 Å². The molecule has 4 rings (SSSR count). The van der Waals surface area contributed by atoms with E-state index in [2.05, 4.69) is 4.98 Å². The summed E-state index contributed by atoms with van der Waals surface area (Å²) in [6.07, 6.45) is 0. The van der Waals surface area contributed by atoms with Gasteiger partial charge in [-0.05, 0) is 18.6 Å². The maximum atomic E-state index is 12.4. The summed E-state index contributed by atoms with van der Waals surface area (Å²) in [6, 6.07) is 6.95. The van der Waals surface area contributed by atoms with E-state index in [4.69, 9.17) is 4.74 Å². The summed E-state index contributed by atoms with van der Waals surface area (Å²) < 4.78 is 5.58. The average Bonchev–Trinajstić information content (AvgIpc) is 2.86. The number of fused-ring (bicyclic) bond motifs is 4. The van der Waals surface area contributed by atoms with E-state index in [0.717, 1.165) is 0 Å². The number of aromatic nitrogens is 2. The van der Waals surface area contributed by atoms with Crippen LogP contribution in [0.4, 0.5) is 0 Å². The third-order valence-corrected chi connectivity index (χ3v) is 3.86. The van der Waals surface area contributed by atoms with Crippen molar-refractivity contribution in [3.63, 3.8) is 0 Å². The van der Waals surface area contributed by atoms with Crippen LogP contribution in [0.5, 0.6) is 0 Å². The number of benzene rings is 1. The van der Waals surface area contributed by atoms with Crippen LogP contribution in [0, 0.1) is 6.92 Å². The molecule has 0 bridgehead atoms. The fourth-order valence-corrected chi connectivity index (χ4v) is 2.88. The number of hydrogen-bond acceptors (Lipinski definition) is 5. The van der Waals surface area contributed by atoms with Gasteiger partial charge < -0.3 is 9.94 Å². The fourth-order valence-electron chi connectivity index (χ4n) is 2.88. The smallest absolute Gasteiger partial charge is 0.340 e. The molecule has 0 spiro atoms. The molecule has 0 unspecified atom stereocenters. The van der Waals surface area contributed by atoms with Crippen LogP contribution < -0.4 is 5.56 Å². The third-order valence-electron chi connectivity index (χ3n) is 3.86. The number of carbonyl (C=O) groups is 1. The van der Waals surface area contributed by atoms with Gasteiger partial charge in [0.05, 0.1) is 27.7 Å². The maximum absolute atomic E-state index is 12.4. The quantitative estimate of drug-likeness (QED) is 0.386. The van der Waals surface area contributed by atoms with Gasteiger partial charge in [0.2, 0.25) is 0 Å². The highest BCUT2D eigenvalue weighted by Crippen LogP contribution is 2.29. The molecule has 1 aliphatic heterocycles. The summed E-state index contributed by atoms with van der Waals surface area (Å²) in [5, 5.41) is 11.0. The number of para-hydroxylation sites is 1. The molecular formula is C15H10N2O4. The molecule has 0 saturated heterocycles. The molecule has 1 aromatic carbocycles. The molecule has 0 aliphatic carbocycles. The van der Waals surface area contributed by atoms with Gasteiger partial charge in [-0.2, -0.15) is 0 Å². The number of nitrogens with zero attached hydrogens (tertiary/aromatic N) is 2. The predicted molar refractivity (Wildman–Crippen MR) is 74.6 cm³/mol. The summed E-state index contributed by atoms with van der Waals surface area (Å²) in [7, 11) is 0. The minimum atomic E-state index is -0.587.